The molecule has 0 spiro atoms. The van der Waals surface area contributed by atoms with E-state index in [1.54, 1.807) is 12.1 Å². The molecular formula is C15H12O5. The van der Waals surface area contributed by atoms with Gasteiger partial charge in [-0.05, 0) is 30.3 Å². The van der Waals surface area contributed by atoms with E-state index >= 15 is 0 Å². The molecule has 20 heavy (non-hydrogen) atoms. The molecule has 0 aromatic heterocycles. The molecule has 0 saturated carbocycles. The molecular weight excluding hydrogens is 260 g/mol. The van der Waals surface area contributed by atoms with Crippen LogP contribution in [0.1, 0.15) is 16.8 Å². The van der Waals surface area contributed by atoms with Gasteiger partial charge in [-0.25, -0.2) is 4.79 Å². The Balaban J connectivity index is 2.37. The van der Waals surface area contributed by atoms with E-state index in [0.717, 1.165) is 6.08 Å². The Labute approximate surface area is 115 Å². The third-order valence-electron chi connectivity index (χ3n) is 2.93. The van der Waals surface area contributed by atoms with Crippen molar-refractivity contribution in [3.05, 3.63) is 53.1 Å². The van der Waals surface area contributed by atoms with Gasteiger partial charge in [0.1, 0.15) is 5.75 Å². The molecule has 0 atom stereocenters. The second-order valence-corrected chi connectivity index (χ2v) is 4.21. The van der Waals surface area contributed by atoms with Crippen LogP contribution in [0.5, 0.6) is 5.75 Å². The minimum atomic E-state index is -1.22. The van der Waals surface area contributed by atoms with Crippen LogP contribution in [0.15, 0.2) is 47.6 Å². The highest BCUT2D eigenvalue weighted by atomic mass is 16.5. The Bertz CT molecular complexity index is 635. The molecule has 1 N–H and O–H groups in total. The number of benzene rings is 1. The third kappa shape index (κ3) is 2.66. The van der Waals surface area contributed by atoms with Crippen LogP contribution in [0.25, 0.3) is 0 Å². The quantitative estimate of drug-likeness (QED) is 0.845. The number of methoxy groups -OCH3 is 1. The maximum atomic E-state index is 12.3. The van der Waals surface area contributed by atoms with E-state index in [0.29, 0.717) is 11.3 Å². The molecule has 0 saturated heterocycles. The number of aliphatic carboxylic acids is 1. The van der Waals surface area contributed by atoms with Gasteiger partial charge in [-0.2, -0.15) is 0 Å². The number of carbonyl (C=O) groups is 3. The summed E-state index contributed by atoms with van der Waals surface area (Å²) in [5.74, 6) is -1.41. The first-order valence-corrected chi connectivity index (χ1v) is 5.90. The van der Waals surface area contributed by atoms with Gasteiger partial charge in [0.25, 0.3) is 0 Å². The van der Waals surface area contributed by atoms with Crippen LogP contribution in [0.3, 0.4) is 0 Å². The van der Waals surface area contributed by atoms with Crippen molar-refractivity contribution in [3.8, 4) is 5.75 Å². The van der Waals surface area contributed by atoms with Crippen molar-refractivity contribution < 1.29 is 24.2 Å². The smallest absolute Gasteiger partial charge is 0.336 e. The fraction of sp³-hybridized carbons (Fsp3) is 0.133. The molecule has 1 aliphatic carbocycles. The highest BCUT2D eigenvalue weighted by molar-refractivity contribution is 6.21. The predicted octanol–water partition coefficient (Wildman–Crippen LogP) is 1.79. The van der Waals surface area contributed by atoms with Crippen LogP contribution in [0.2, 0.25) is 0 Å². The summed E-state index contributed by atoms with van der Waals surface area (Å²) < 4.78 is 4.99. The van der Waals surface area contributed by atoms with Gasteiger partial charge < -0.3 is 9.84 Å². The van der Waals surface area contributed by atoms with E-state index in [9.17, 15) is 14.4 Å². The van der Waals surface area contributed by atoms with Crippen molar-refractivity contribution in [1.82, 2.24) is 0 Å². The number of hydrogen-bond donors (Lipinski definition) is 1. The largest absolute Gasteiger partial charge is 0.497 e. The number of allylic oxidation sites excluding steroid dienone is 2. The lowest BCUT2D eigenvalue weighted by Crippen LogP contribution is -2.17. The molecule has 0 radical (unpaired) electrons. The Morgan fingerprint density at radius 1 is 1.15 bits per heavy atom. The molecule has 0 bridgehead atoms. The summed E-state index contributed by atoms with van der Waals surface area (Å²) in [6, 6.07) is 6.26. The lowest BCUT2D eigenvalue weighted by molar-refractivity contribution is -0.132. The zero-order chi connectivity index (χ0) is 14.7. The van der Waals surface area contributed by atoms with Gasteiger partial charge in [-0.3, -0.25) is 9.59 Å². The first kappa shape index (κ1) is 13.7. The number of rotatable bonds is 4. The van der Waals surface area contributed by atoms with E-state index in [-0.39, 0.29) is 23.4 Å². The van der Waals surface area contributed by atoms with Gasteiger partial charge in [0, 0.05) is 17.6 Å². The van der Waals surface area contributed by atoms with Crippen LogP contribution in [0, 0.1) is 0 Å². The second-order valence-electron chi connectivity index (χ2n) is 4.21. The Kier molecular flexibility index (Phi) is 3.79. The van der Waals surface area contributed by atoms with Gasteiger partial charge in [0.05, 0.1) is 12.7 Å². The van der Waals surface area contributed by atoms with Crippen LogP contribution in [-0.4, -0.2) is 29.8 Å². The number of hydrogen-bond acceptors (Lipinski definition) is 4. The van der Waals surface area contributed by atoms with E-state index in [1.165, 1.54) is 25.3 Å². The van der Waals surface area contributed by atoms with Crippen LogP contribution in [-0.2, 0) is 9.59 Å². The highest BCUT2D eigenvalue weighted by Gasteiger charge is 2.25. The summed E-state index contributed by atoms with van der Waals surface area (Å²) in [6.07, 6.45) is 2.36. The van der Waals surface area contributed by atoms with Gasteiger partial charge in [-0.1, -0.05) is 6.08 Å². The minimum absolute atomic E-state index is 0.00102. The lowest BCUT2D eigenvalue weighted by Gasteiger charge is -2.11. The molecule has 0 unspecified atom stereocenters. The summed E-state index contributed by atoms with van der Waals surface area (Å²) in [5, 5.41) is 9.08. The van der Waals surface area contributed by atoms with E-state index < -0.39 is 11.8 Å². The second kappa shape index (κ2) is 5.52. The fourth-order valence-electron chi connectivity index (χ4n) is 1.90. The van der Waals surface area contributed by atoms with Gasteiger partial charge >= 0.3 is 5.97 Å². The van der Waals surface area contributed by atoms with Crippen molar-refractivity contribution in [2.24, 2.45) is 0 Å². The number of carbonyl (C=O) groups excluding carboxylic acids is 2. The number of carboxylic acids is 1. The zero-order valence-corrected chi connectivity index (χ0v) is 10.8. The van der Waals surface area contributed by atoms with Crippen molar-refractivity contribution in [1.29, 1.82) is 0 Å². The molecule has 1 aromatic rings. The molecule has 0 aliphatic heterocycles. The Hall–Kier alpha value is -2.69. The molecule has 5 heteroatoms. The topological polar surface area (TPSA) is 80.7 Å². The number of ketones is 2. The molecule has 0 amide bonds. The van der Waals surface area contributed by atoms with Crippen molar-refractivity contribution in [2.45, 2.75) is 6.42 Å². The highest BCUT2D eigenvalue weighted by Crippen LogP contribution is 2.23. The molecule has 1 aromatic carbocycles. The van der Waals surface area contributed by atoms with Crippen molar-refractivity contribution in [2.75, 3.05) is 7.11 Å². The predicted molar refractivity (Wildman–Crippen MR) is 70.8 cm³/mol. The number of carboxylic acid groups (broad SMARTS) is 1. The number of Topliss-reactive ketones (excluding diaryl/α,β-unsaturated/α-hetero) is 1. The molecule has 102 valence electrons. The average Bonchev–Trinajstić information content (AvgIpc) is 2.46. The van der Waals surface area contributed by atoms with Crippen molar-refractivity contribution >= 4 is 17.5 Å². The summed E-state index contributed by atoms with van der Waals surface area (Å²) >= 11 is 0. The van der Waals surface area contributed by atoms with E-state index in [2.05, 4.69) is 0 Å². The van der Waals surface area contributed by atoms with Crippen molar-refractivity contribution in [3.63, 3.8) is 0 Å². The first-order valence-electron chi connectivity index (χ1n) is 5.90. The number of ether oxygens (including phenoxy) is 1. The molecule has 1 aliphatic rings. The zero-order valence-electron chi connectivity index (χ0n) is 10.8. The molecule has 0 fully saturated rings. The minimum Gasteiger partial charge on any atom is -0.497 e. The summed E-state index contributed by atoms with van der Waals surface area (Å²) in [4.78, 5) is 34.8. The lowest BCUT2D eigenvalue weighted by atomic mass is 9.91. The molecule has 2 rings (SSSR count). The van der Waals surface area contributed by atoms with E-state index in [1.807, 2.05) is 0 Å². The summed E-state index contributed by atoms with van der Waals surface area (Å²) in [5.41, 5.74) is 0.0863. The maximum absolute atomic E-state index is 12.3. The first-order chi connectivity index (χ1) is 9.52. The molecule has 5 nitrogen and oxygen atoms in total. The molecule has 0 heterocycles. The SMILES string of the molecule is COc1ccc(C(=O)C2=CC(=O)CC=C2C(=O)O)cc1. The average molecular weight is 272 g/mol. The van der Waals surface area contributed by atoms with E-state index in [4.69, 9.17) is 9.84 Å². The standard InChI is InChI=1S/C15H12O5/c1-20-11-5-2-9(3-6-11)14(17)13-8-10(16)4-7-12(13)15(18)19/h2-3,5-8H,4H2,1H3,(H,18,19). The summed E-state index contributed by atoms with van der Waals surface area (Å²) in [6.45, 7) is 0. The third-order valence-corrected chi connectivity index (χ3v) is 2.93. The van der Waals surface area contributed by atoms with Crippen LogP contribution in [0.4, 0.5) is 0 Å². The summed E-state index contributed by atoms with van der Waals surface area (Å²) in [7, 11) is 1.50. The Morgan fingerprint density at radius 2 is 1.80 bits per heavy atom. The van der Waals surface area contributed by atoms with Gasteiger partial charge in [0.15, 0.2) is 11.6 Å². The van der Waals surface area contributed by atoms with Crippen LogP contribution < -0.4 is 4.74 Å². The van der Waals surface area contributed by atoms with Gasteiger partial charge in [-0.15, -0.1) is 0 Å². The maximum Gasteiger partial charge on any atom is 0.336 e. The Morgan fingerprint density at radius 3 is 2.35 bits per heavy atom. The van der Waals surface area contributed by atoms with Crippen LogP contribution >= 0.6 is 0 Å². The monoisotopic (exact) mass is 272 g/mol. The normalized spacial score (nSPS) is 14.3. The van der Waals surface area contributed by atoms with Gasteiger partial charge in [0.2, 0.25) is 0 Å². The fourth-order valence-corrected chi connectivity index (χ4v) is 1.90.